The molecule has 2 aromatic carbocycles. The lowest BCUT2D eigenvalue weighted by atomic mass is 10.1. The summed E-state index contributed by atoms with van der Waals surface area (Å²) in [6, 6.07) is 17.9. The fourth-order valence-corrected chi connectivity index (χ4v) is 3.21. The number of aromatic nitrogens is 2. The second-order valence-corrected chi connectivity index (χ2v) is 6.81. The van der Waals surface area contributed by atoms with Gasteiger partial charge in [-0.3, -0.25) is 9.48 Å². The minimum absolute atomic E-state index is 0.147. The Hall–Kier alpha value is -3.34. The van der Waals surface area contributed by atoms with Crippen LogP contribution in [0.25, 0.3) is 6.08 Å². The summed E-state index contributed by atoms with van der Waals surface area (Å²) in [5, 5.41) is 7.60. The first kappa shape index (κ1) is 20.4. The number of nitrogens with one attached hydrogen (secondary N) is 1. The molecule has 1 N–H and O–H groups in total. The molecule has 0 radical (unpaired) electrons. The highest BCUT2D eigenvalue weighted by Crippen LogP contribution is 2.19. The third kappa shape index (κ3) is 5.35. The van der Waals surface area contributed by atoms with E-state index in [9.17, 15) is 4.79 Å². The molecule has 1 heterocycles. The Morgan fingerprint density at radius 3 is 2.59 bits per heavy atom. The molecule has 3 rings (SSSR count). The van der Waals surface area contributed by atoms with Gasteiger partial charge in [0.15, 0.2) is 0 Å². The molecule has 150 valence electrons. The summed E-state index contributed by atoms with van der Waals surface area (Å²) >= 11 is 0. The van der Waals surface area contributed by atoms with Crippen LogP contribution in [0.15, 0.2) is 60.7 Å². The van der Waals surface area contributed by atoms with Gasteiger partial charge in [-0.05, 0) is 38.5 Å². The Labute approximate surface area is 172 Å². The molecular weight excluding hydrogens is 362 g/mol. The highest BCUT2D eigenvalue weighted by molar-refractivity contribution is 5.92. The van der Waals surface area contributed by atoms with Gasteiger partial charge in [-0.1, -0.05) is 48.5 Å². The average molecular weight is 389 g/mol. The van der Waals surface area contributed by atoms with Gasteiger partial charge < -0.3 is 10.1 Å². The van der Waals surface area contributed by atoms with Crippen molar-refractivity contribution in [3.63, 3.8) is 0 Å². The SMILES string of the molecule is CCOc1ccccc1/C=C/C(=O)NCc1c(C)nn(Cc2ccccc2)c1C. The Balaban J connectivity index is 1.63. The van der Waals surface area contributed by atoms with Crippen LogP contribution in [0.3, 0.4) is 0 Å². The predicted molar refractivity (Wildman–Crippen MR) is 116 cm³/mol. The molecule has 0 aliphatic rings. The normalized spacial score (nSPS) is 11.0. The highest BCUT2D eigenvalue weighted by atomic mass is 16.5. The molecule has 3 aromatic rings. The molecule has 0 unspecified atom stereocenters. The maximum atomic E-state index is 12.3. The summed E-state index contributed by atoms with van der Waals surface area (Å²) < 4.78 is 7.57. The number of amides is 1. The number of hydrogen-bond acceptors (Lipinski definition) is 3. The van der Waals surface area contributed by atoms with Gasteiger partial charge in [0, 0.05) is 29.4 Å². The van der Waals surface area contributed by atoms with Crippen LogP contribution in [-0.4, -0.2) is 22.3 Å². The molecule has 0 aliphatic carbocycles. The molecule has 0 fully saturated rings. The van der Waals surface area contributed by atoms with Crippen LogP contribution < -0.4 is 10.1 Å². The number of ether oxygens (including phenoxy) is 1. The Morgan fingerprint density at radius 2 is 1.83 bits per heavy atom. The van der Waals surface area contributed by atoms with E-state index in [1.165, 1.54) is 11.6 Å². The van der Waals surface area contributed by atoms with E-state index in [0.717, 1.165) is 34.8 Å². The van der Waals surface area contributed by atoms with E-state index in [1.807, 2.05) is 67.9 Å². The maximum Gasteiger partial charge on any atom is 0.244 e. The third-order valence-electron chi connectivity index (χ3n) is 4.78. The van der Waals surface area contributed by atoms with E-state index < -0.39 is 0 Å². The predicted octanol–water partition coefficient (Wildman–Crippen LogP) is 4.28. The van der Waals surface area contributed by atoms with Crippen LogP contribution in [-0.2, 0) is 17.9 Å². The van der Waals surface area contributed by atoms with Crippen molar-refractivity contribution in [3.8, 4) is 5.75 Å². The minimum atomic E-state index is -0.147. The largest absolute Gasteiger partial charge is 0.493 e. The van der Waals surface area contributed by atoms with Crippen molar-refractivity contribution in [2.75, 3.05) is 6.61 Å². The van der Waals surface area contributed by atoms with Gasteiger partial charge in [-0.15, -0.1) is 0 Å². The molecule has 5 nitrogen and oxygen atoms in total. The second kappa shape index (κ2) is 9.73. The smallest absolute Gasteiger partial charge is 0.244 e. The van der Waals surface area contributed by atoms with Crippen molar-refractivity contribution in [2.24, 2.45) is 0 Å². The van der Waals surface area contributed by atoms with E-state index in [2.05, 4.69) is 22.5 Å². The molecule has 0 bridgehead atoms. The van der Waals surface area contributed by atoms with Gasteiger partial charge in [-0.25, -0.2) is 0 Å². The lowest BCUT2D eigenvalue weighted by Crippen LogP contribution is -2.21. The highest BCUT2D eigenvalue weighted by Gasteiger charge is 2.12. The molecule has 29 heavy (non-hydrogen) atoms. The number of rotatable bonds is 8. The zero-order chi connectivity index (χ0) is 20.6. The third-order valence-corrected chi connectivity index (χ3v) is 4.78. The summed E-state index contributed by atoms with van der Waals surface area (Å²) in [7, 11) is 0. The Kier molecular flexibility index (Phi) is 6.85. The fourth-order valence-electron chi connectivity index (χ4n) is 3.21. The van der Waals surface area contributed by atoms with Crippen molar-refractivity contribution in [3.05, 3.63) is 88.8 Å². The molecule has 5 heteroatoms. The summed E-state index contributed by atoms with van der Waals surface area (Å²) in [4.78, 5) is 12.3. The van der Waals surface area contributed by atoms with Crippen LogP contribution in [0.1, 0.15) is 35.0 Å². The zero-order valence-corrected chi connectivity index (χ0v) is 17.2. The number of nitrogens with zero attached hydrogens (tertiary/aromatic N) is 2. The molecule has 1 amide bonds. The van der Waals surface area contributed by atoms with E-state index in [1.54, 1.807) is 6.08 Å². The first-order valence-corrected chi connectivity index (χ1v) is 9.83. The number of aryl methyl sites for hydroxylation is 1. The van der Waals surface area contributed by atoms with Gasteiger partial charge in [0.25, 0.3) is 0 Å². The van der Waals surface area contributed by atoms with Crippen LogP contribution in [0.4, 0.5) is 0 Å². The number of benzene rings is 2. The molecule has 0 aliphatic heterocycles. The zero-order valence-electron chi connectivity index (χ0n) is 17.2. The van der Waals surface area contributed by atoms with Crippen LogP contribution in [0, 0.1) is 13.8 Å². The maximum absolute atomic E-state index is 12.3. The quantitative estimate of drug-likeness (QED) is 0.585. The van der Waals surface area contributed by atoms with Gasteiger partial charge in [0.05, 0.1) is 18.8 Å². The first-order chi connectivity index (χ1) is 14.1. The number of para-hydroxylation sites is 1. The Morgan fingerprint density at radius 1 is 1.10 bits per heavy atom. The summed E-state index contributed by atoms with van der Waals surface area (Å²) in [6.45, 7) is 7.71. The van der Waals surface area contributed by atoms with Crippen LogP contribution >= 0.6 is 0 Å². The summed E-state index contributed by atoms with van der Waals surface area (Å²) in [6.07, 6.45) is 3.32. The fraction of sp³-hybridized carbons (Fsp3) is 0.250. The van der Waals surface area contributed by atoms with Gasteiger partial charge in [0.2, 0.25) is 5.91 Å². The molecule has 0 atom stereocenters. The standard InChI is InChI=1S/C24H27N3O2/c1-4-29-23-13-9-8-12-21(23)14-15-24(28)25-16-22-18(2)26-27(19(22)3)17-20-10-6-5-7-11-20/h5-15H,4,16-17H2,1-3H3,(H,25,28)/b15-14+. The van der Waals surface area contributed by atoms with E-state index in [-0.39, 0.29) is 5.91 Å². The topological polar surface area (TPSA) is 56.1 Å². The van der Waals surface area contributed by atoms with Crippen molar-refractivity contribution in [2.45, 2.75) is 33.9 Å². The first-order valence-electron chi connectivity index (χ1n) is 9.83. The second-order valence-electron chi connectivity index (χ2n) is 6.81. The minimum Gasteiger partial charge on any atom is -0.493 e. The van der Waals surface area contributed by atoms with Crippen molar-refractivity contribution in [1.29, 1.82) is 0 Å². The molecule has 0 spiro atoms. The van der Waals surface area contributed by atoms with Crippen molar-refractivity contribution in [1.82, 2.24) is 15.1 Å². The molecule has 1 aromatic heterocycles. The molecule has 0 saturated carbocycles. The summed E-state index contributed by atoms with van der Waals surface area (Å²) in [5.41, 5.74) is 5.14. The molecular formula is C24H27N3O2. The molecule has 0 saturated heterocycles. The lowest BCUT2D eigenvalue weighted by Gasteiger charge is -2.07. The van der Waals surface area contributed by atoms with E-state index >= 15 is 0 Å². The number of hydrogen-bond donors (Lipinski definition) is 1. The number of carbonyl (C=O) groups excluding carboxylic acids is 1. The van der Waals surface area contributed by atoms with Gasteiger partial charge in [0.1, 0.15) is 5.75 Å². The van der Waals surface area contributed by atoms with Gasteiger partial charge in [-0.2, -0.15) is 5.10 Å². The van der Waals surface area contributed by atoms with E-state index in [4.69, 9.17) is 4.74 Å². The summed E-state index contributed by atoms with van der Waals surface area (Å²) in [5.74, 6) is 0.624. The van der Waals surface area contributed by atoms with Crippen molar-refractivity contribution >= 4 is 12.0 Å². The number of carbonyl (C=O) groups is 1. The van der Waals surface area contributed by atoms with Crippen molar-refractivity contribution < 1.29 is 9.53 Å². The van der Waals surface area contributed by atoms with E-state index in [0.29, 0.717) is 13.2 Å². The Bertz CT molecular complexity index is 991. The monoisotopic (exact) mass is 389 g/mol. The van der Waals surface area contributed by atoms with Gasteiger partial charge >= 0.3 is 0 Å². The lowest BCUT2D eigenvalue weighted by molar-refractivity contribution is -0.116. The van der Waals surface area contributed by atoms with Crippen LogP contribution in [0.5, 0.6) is 5.75 Å². The van der Waals surface area contributed by atoms with Crippen LogP contribution in [0.2, 0.25) is 0 Å². The average Bonchev–Trinajstić information content (AvgIpc) is 2.99.